The molecule has 0 unspecified atom stereocenters. The highest BCUT2D eigenvalue weighted by Crippen LogP contribution is 2.23. The largest absolute Gasteiger partial charge is 0.326 e. The molecule has 2 amide bonds. The number of likely N-dealkylation sites (tertiary alicyclic amines) is 1. The monoisotopic (exact) mass is 356 g/mol. The second-order valence-corrected chi connectivity index (χ2v) is 7.37. The Kier molecular flexibility index (Phi) is 5.87. The minimum absolute atomic E-state index is 0.0393. The van der Waals surface area contributed by atoms with Crippen molar-refractivity contribution in [2.45, 2.75) is 45.1 Å². The Morgan fingerprint density at radius 3 is 2.72 bits per heavy atom. The number of carbonyl (C=O) groups is 2. The summed E-state index contributed by atoms with van der Waals surface area (Å²) in [5.41, 5.74) is 2.08. The Balaban J connectivity index is 1.63. The van der Waals surface area contributed by atoms with E-state index in [1.807, 2.05) is 29.6 Å². The molecule has 5 heteroatoms. The first-order chi connectivity index (χ1) is 12.2. The second-order valence-electron chi connectivity index (χ2n) is 6.42. The lowest BCUT2D eigenvalue weighted by atomic mass is 10.1. The Morgan fingerprint density at radius 1 is 1.24 bits per heavy atom. The van der Waals surface area contributed by atoms with Gasteiger partial charge < -0.3 is 10.2 Å². The lowest BCUT2D eigenvalue weighted by Crippen LogP contribution is -2.42. The molecule has 3 rings (SSSR count). The summed E-state index contributed by atoms with van der Waals surface area (Å²) < 4.78 is 0. The van der Waals surface area contributed by atoms with Gasteiger partial charge in [-0.1, -0.05) is 31.5 Å². The predicted molar refractivity (Wildman–Crippen MR) is 102 cm³/mol. The van der Waals surface area contributed by atoms with Crippen molar-refractivity contribution in [3.8, 4) is 0 Å². The van der Waals surface area contributed by atoms with Gasteiger partial charge in [0.1, 0.15) is 6.04 Å². The minimum atomic E-state index is -0.380. The number of carbonyl (C=O) groups excluding carboxylic acids is 2. The van der Waals surface area contributed by atoms with Crippen molar-refractivity contribution in [3.05, 3.63) is 52.2 Å². The molecule has 1 N–H and O–H groups in total. The fraction of sp³-hybridized carbons (Fsp3) is 0.400. The van der Waals surface area contributed by atoms with Crippen molar-refractivity contribution in [1.29, 1.82) is 0 Å². The maximum atomic E-state index is 12.7. The number of aryl methyl sites for hydroxylation is 1. The van der Waals surface area contributed by atoms with Crippen LogP contribution in [0.4, 0.5) is 5.69 Å². The predicted octanol–water partition coefficient (Wildman–Crippen LogP) is 4.33. The molecule has 2 heterocycles. The van der Waals surface area contributed by atoms with E-state index in [1.54, 1.807) is 4.90 Å². The van der Waals surface area contributed by atoms with Crippen molar-refractivity contribution in [2.24, 2.45) is 0 Å². The van der Waals surface area contributed by atoms with Crippen LogP contribution >= 0.6 is 11.3 Å². The average molecular weight is 356 g/mol. The lowest BCUT2D eigenvalue weighted by Gasteiger charge is -2.23. The third kappa shape index (κ3) is 4.28. The summed E-state index contributed by atoms with van der Waals surface area (Å²) in [6, 6.07) is 11.3. The maximum absolute atomic E-state index is 12.7. The van der Waals surface area contributed by atoms with Crippen LogP contribution in [0.25, 0.3) is 0 Å². The van der Waals surface area contributed by atoms with Crippen LogP contribution in [0.3, 0.4) is 0 Å². The van der Waals surface area contributed by atoms with Crippen LogP contribution in [0, 0.1) is 0 Å². The van der Waals surface area contributed by atoms with Gasteiger partial charge in [-0.15, -0.1) is 11.3 Å². The first-order valence-corrected chi connectivity index (χ1v) is 9.81. The highest BCUT2D eigenvalue weighted by molar-refractivity contribution is 7.12. The van der Waals surface area contributed by atoms with E-state index in [-0.39, 0.29) is 17.9 Å². The van der Waals surface area contributed by atoms with Gasteiger partial charge in [-0.05, 0) is 54.8 Å². The molecular formula is C20H24N2O2S. The molecule has 1 aliphatic heterocycles. The van der Waals surface area contributed by atoms with Crippen LogP contribution in [0.15, 0.2) is 41.8 Å². The van der Waals surface area contributed by atoms with Crippen LogP contribution in [-0.2, 0) is 11.2 Å². The Morgan fingerprint density at radius 2 is 2.04 bits per heavy atom. The number of hydrogen-bond acceptors (Lipinski definition) is 3. The molecule has 1 aromatic carbocycles. The van der Waals surface area contributed by atoms with Crippen molar-refractivity contribution >= 4 is 28.8 Å². The SMILES string of the molecule is CCCCc1ccc(NC(=O)[C@@H]2CCCN2C(=O)c2cccs2)cc1. The smallest absolute Gasteiger partial charge is 0.264 e. The Labute approximate surface area is 152 Å². The summed E-state index contributed by atoms with van der Waals surface area (Å²) in [5, 5.41) is 4.86. The average Bonchev–Trinajstić information content (AvgIpc) is 3.32. The maximum Gasteiger partial charge on any atom is 0.264 e. The molecule has 2 aromatic rings. The van der Waals surface area contributed by atoms with Gasteiger partial charge in [-0.25, -0.2) is 0 Å². The Bertz CT molecular complexity index is 710. The third-order valence-corrected chi connectivity index (χ3v) is 5.45. The van der Waals surface area contributed by atoms with E-state index in [0.717, 1.165) is 24.9 Å². The number of hydrogen-bond donors (Lipinski definition) is 1. The van der Waals surface area contributed by atoms with Crippen LogP contribution in [0.2, 0.25) is 0 Å². The van der Waals surface area contributed by atoms with Gasteiger partial charge in [0.2, 0.25) is 5.91 Å². The molecule has 0 saturated carbocycles. The highest BCUT2D eigenvalue weighted by atomic mass is 32.1. The van der Waals surface area contributed by atoms with Gasteiger partial charge in [0.25, 0.3) is 5.91 Å². The number of unbranched alkanes of at least 4 members (excludes halogenated alkanes) is 1. The zero-order valence-electron chi connectivity index (χ0n) is 14.5. The van der Waals surface area contributed by atoms with E-state index in [9.17, 15) is 9.59 Å². The topological polar surface area (TPSA) is 49.4 Å². The zero-order chi connectivity index (χ0) is 17.6. The standard InChI is InChI=1S/C20H24N2O2S/c1-2-3-6-15-9-11-16(12-10-15)21-19(23)17-7-4-13-22(17)20(24)18-8-5-14-25-18/h5,8-12,14,17H,2-4,6-7,13H2,1H3,(H,21,23)/t17-/m0/s1. The second kappa shape index (κ2) is 8.30. The van der Waals surface area contributed by atoms with Gasteiger partial charge in [0.05, 0.1) is 4.88 Å². The number of nitrogens with one attached hydrogen (secondary N) is 1. The summed E-state index contributed by atoms with van der Waals surface area (Å²) in [6.45, 7) is 2.82. The van der Waals surface area contributed by atoms with Crippen molar-refractivity contribution in [3.63, 3.8) is 0 Å². The normalized spacial score (nSPS) is 16.8. The quantitative estimate of drug-likeness (QED) is 0.837. The highest BCUT2D eigenvalue weighted by Gasteiger charge is 2.34. The molecule has 0 spiro atoms. The molecule has 25 heavy (non-hydrogen) atoms. The number of thiophene rings is 1. The number of amides is 2. The van der Waals surface area contributed by atoms with Gasteiger partial charge >= 0.3 is 0 Å². The summed E-state index contributed by atoms with van der Waals surface area (Å²) in [7, 11) is 0. The van der Waals surface area contributed by atoms with E-state index < -0.39 is 0 Å². The van der Waals surface area contributed by atoms with Gasteiger partial charge in [-0.3, -0.25) is 9.59 Å². The molecule has 132 valence electrons. The van der Waals surface area contributed by atoms with Gasteiger partial charge in [0.15, 0.2) is 0 Å². The molecule has 4 nitrogen and oxygen atoms in total. The van der Waals surface area contributed by atoms with Crippen molar-refractivity contribution in [2.75, 3.05) is 11.9 Å². The summed E-state index contributed by atoms with van der Waals surface area (Å²) in [6.07, 6.45) is 5.00. The summed E-state index contributed by atoms with van der Waals surface area (Å²) in [4.78, 5) is 27.6. The van der Waals surface area contributed by atoms with E-state index in [1.165, 1.54) is 29.7 Å². The molecule has 1 saturated heterocycles. The fourth-order valence-electron chi connectivity index (χ4n) is 3.19. The number of nitrogens with zero attached hydrogens (tertiary/aromatic N) is 1. The summed E-state index contributed by atoms with van der Waals surface area (Å²) >= 11 is 1.42. The van der Waals surface area contributed by atoms with Gasteiger partial charge in [-0.2, -0.15) is 0 Å². The van der Waals surface area contributed by atoms with E-state index in [2.05, 4.69) is 24.4 Å². The molecule has 1 aromatic heterocycles. The van der Waals surface area contributed by atoms with Crippen LogP contribution in [0.1, 0.15) is 47.8 Å². The van der Waals surface area contributed by atoms with Crippen molar-refractivity contribution < 1.29 is 9.59 Å². The first kappa shape index (κ1) is 17.7. The minimum Gasteiger partial charge on any atom is -0.326 e. The first-order valence-electron chi connectivity index (χ1n) is 8.93. The van der Waals surface area contributed by atoms with Gasteiger partial charge in [0, 0.05) is 12.2 Å². The van der Waals surface area contributed by atoms with Crippen LogP contribution < -0.4 is 5.32 Å². The molecule has 1 aliphatic rings. The number of benzene rings is 1. The van der Waals surface area contributed by atoms with E-state index in [0.29, 0.717) is 11.4 Å². The zero-order valence-corrected chi connectivity index (χ0v) is 15.3. The van der Waals surface area contributed by atoms with E-state index >= 15 is 0 Å². The summed E-state index contributed by atoms with van der Waals surface area (Å²) in [5.74, 6) is -0.133. The fourth-order valence-corrected chi connectivity index (χ4v) is 3.86. The van der Waals surface area contributed by atoms with Crippen LogP contribution in [0.5, 0.6) is 0 Å². The van der Waals surface area contributed by atoms with Crippen LogP contribution in [-0.4, -0.2) is 29.3 Å². The lowest BCUT2D eigenvalue weighted by molar-refractivity contribution is -0.119. The third-order valence-electron chi connectivity index (χ3n) is 4.59. The van der Waals surface area contributed by atoms with Crippen molar-refractivity contribution in [1.82, 2.24) is 4.90 Å². The molecule has 0 radical (unpaired) electrons. The number of anilines is 1. The van der Waals surface area contributed by atoms with E-state index in [4.69, 9.17) is 0 Å². The number of rotatable bonds is 6. The molecule has 0 bridgehead atoms. The molecule has 1 fully saturated rings. The molecule has 1 atom stereocenters. The molecular weight excluding hydrogens is 332 g/mol. The molecule has 0 aliphatic carbocycles. The Hall–Kier alpha value is -2.14.